The average molecular weight is 285 g/mol. The molecule has 2 rings (SSSR count). The van der Waals surface area contributed by atoms with Crippen LogP contribution in [-0.4, -0.2) is 24.1 Å². The maximum absolute atomic E-state index is 13.1. The van der Waals surface area contributed by atoms with Gasteiger partial charge in [0.15, 0.2) is 5.69 Å². The van der Waals surface area contributed by atoms with Crippen molar-refractivity contribution >= 4 is 5.69 Å². The molecular formula is C13H11F4N3. The highest BCUT2D eigenvalue weighted by molar-refractivity contribution is 5.63. The minimum Gasteiger partial charge on any atom is -0.376 e. The predicted molar refractivity (Wildman–Crippen MR) is 66.8 cm³/mol. The molecule has 0 aliphatic rings. The lowest BCUT2D eigenvalue weighted by Crippen LogP contribution is -2.18. The van der Waals surface area contributed by atoms with Gasteiger partial charge in [-0.25, -0.2) is 9.37 Å². The zero-order chi connectivity index (χ0) is 14.9. The van der Waals surface area contributed by atoms with Gasteiger partial charge in [-0.2, -0.15) is 13.2 Å². The molecule has 3 nitrogen and oxygen atoms in total. The number of halogens is 4. The Kier molecular flexibility index (Phi) is 3.61. The summed E-state index contributed by atoms with van der Waals surface area (Å²) in [5.41, 5.74) is -0.842. The number of aromatic nitrogens is 2. The zero-order valence-electron chi connectivity index (χ0n) is 10.7. The van der Waals surface area contributed by atoms with Crippen LogP contribution in [0.1, 0.15) is 5.69 Å². The molecule has 106 valence electrons. The van der Waals surface area contributed by atoms with Crippen molar-refractivity contribution < 1.29 is 17.6 Å². The fourth-order valence-electron chi connectivity index (χ4n) is 1.73. The van der Waals surface area contributed by atoms with Crippen LogP contribution in [0, 0.1) is 5.82 Å². The van der Waals surface area contributed by atoms with Gasteiger partial charge in [-0.05, 0) is 18.2 Å². The first-order valence-electron chi connectivity index (χ1n) is 5.65. The summed E-state index contributed by atoms with van der Waals surface area (Å²) in [5, 5.41) is 0. The number of hydrogen-bond acceptors (Lipinski definition) is 3. The van der Waals surface area contributed by atoms with Crippen LogP contribution in [0.4, 0.5) is 23.2 Å². The van der Waals surface area contributed by atoms with Crippen molar-refractivity contribution in [2.45, 2.75) is 6.18 Å². The minimum absolute atomic E-state index is 0.0231. The smallest absolute Gasteiger partial charge is 0.376 e. The molecule has 0 saturated heterocycles. The fourth-order valence-corrected chi connectivity index (χ4v) is 1.73. The Hall–Kier alpha value is -2.18. The summed E-state index contributed by atoms with van der Waals surface area (Å²) in [6.45, 7) is 0. The second kappa shape index (κ2) is 5.07. The van der Waals surface area contributed by atoms with Crippen molar-refractivity contribution in [1.82, 2.24) is 9.97 Å². The Labute approximate surface area is 112 Å². The van der Waals surface area contributed by atoms with Crippen LogP contribution in [0.2, 0.25) is 0 Å². The van der Waals surface area contributed by atoms with Crippen molar-refractivity contribution in [2.75, 3.05) is 19.0 Å². The molecule has 0 atom stereocenters. The van der Waals surface area contributed by atoms with Gasteiger partial charge in [-0.1, -0.05) is 0 Å². The number of pyridine rings is 2. The summed E-state index contributed by atoms with van der Waals surface area (Å²) in [6.07, 6.45) is -2.35. The van der Waals surface area contributed by atoms with Crippen LogP contribution in [-0.2, 0) is 6.18 Å². The molecule has 0 bridgehead atoms. The molecule has 0 N–H and O–H groups in total. The van der Waals surface area contributed by atoms with Crippen LogP contribution < -0.4 is 4.90 Å². The van der Waals surface area contributed by atoms with Gasteiger partial charge >= 0.3 is 6.18 Å². The molecule has 0 aliphatic carbocycles. The van der Waals surface area contributed by atoms with E-state index in [9.17, 15) is 17.6 Å². The molecule has 7 heteroatoms. The van der Waals surface area contributed by atoms with E-state index in [1.165, 1.54) is 37.3 Å². The van der Waals surface area contributed by atoms with E-state index in [4.69, 9.17) is 0 Å². The summed E-state index contributed by atoms with van der Waals surface area (Å²) in [5.74, 6) is -0.630. The Balaban J connectivity index is 2.58. The van der Waals surface area contributed by atoms with Gasteiger partial charge in [-0.15, -0.1) is 0 Å². The molecule has 0 radical (unpaired) electrons. The molecule has 0 unspecified atom stereocenters. The van der Waals surface area contributed by atoms with Crippen LogP contribution in [0.25, 0.3) is 11.3 Å². The molecule has 20 heavy (non-hydrogen) atoms. The molecule has 2 aromatic heterocycles. The molecule has 0 aliphatic heterocycles. The fraction of sp³-hybridized carbons (Fsp3) is 0.231. The molecule has 0 amide bonds. The maximum atomic E-state index is 13.1. The number of anilines is 1. The van der Waals surface area contributed by atoms with E-state index in [2.05, 4.69) is 9.97 Å². The molecule has 0 saturated carbocycles. The van der Waals surface area contributed by atoms with Crippen molar-refractivity contribution in [3.05, 3.63) is 42.1 Å². The highest BCUT2D eigenvalue weighted by atomic mass is 19.4. The van der Waals surface area contributed by atoms with E-state index in [-0.39, 0.29) is 16.9 Å². The van der Waals surface area contributed by atoms with Crippen LogP contribution in [0.3, 0.4) is 0 Å². The number of rotatable bonds is 2. The predicted octanol–water partition coefficient (Wildman–Crippen LogP) is 3.37. The SMILES string of the molecule is CN(C)c1ccc(-c2cncc(F)c2)nc1C(F)(F)F. The highest BCUT2D eigenvalue weighted by Crippen LogP contribution is 2.36. The third kappa shape index (κ3) is 2.87. The van der Waals surface area contributed by atoms with E-state index < -0.39 is 17.7 Å². The summed E-state index contributed by atoms with van der Waals surface area (Å²) >= 11 is 0. The van der Waals surface area contributed by atoms with Gasteiger partial charge in [-0.3, -0.25) is 4.98 Å². The first-order chi connectivity index (χ1) is 9.29. The summed E-state index contributed by atoms with van der Waals surface area (Å²) in [4.78, 5) is 8.53. The largest absolute Gasteiger partial charge is 0.435 e. The second-order valence-electron chi connectivity index (χ2n) is 4.35. The number of alkyl halides is 3. The van der Waals surface area contributed by atoms with Gasteiger partial charge < -0.3 is 4.90 Å². The molecule has 0 aromatic carbocycles. The summed E-state index contributed by atoms with van der Waals surface area (Å²) in [6, 6.07) is 3.79. The van der Waals surface area contributed by atoms with Crippen molar-refractivity contribution in [3.8, 4) is 11.3 Å². The van der Waals surface area contributed by atoms with Crippen LogP contribution in [0.15, 0.2) is 30.6 Å². The number of hydrogen-bond donors (Lipinski definition) is 0. The first-order valence-corrected chi connectivity index (χ1v) is 5.65. The van der Waals surface area contributed by atoms with Gasteiger partial charge in [0.2, 0.25) is 0 Å². The molecule has 0 fully saturated rings. The molecular weight excluding hydrogens is 274 g/mol. The maximum Gasteiger partial charge on any atom is 0.435 e. The van der Waals surface area contributed by atoms with E-state index in [1.54, 1.807) is 0 Å². The van der Waals surface area contributed by atoms with Crippen LogP contribution >= 0.6 is 0 Å². The highest BCUT2D eigenvalue weighted by Gasteiger charge is 2.36. The van der Waals surface area contributed by atoms with Gasteiger partial charge in [0, 0.05) is 25.9 Å². The normalized spacial score (nSPS) is 11.5. The van der Waals surface area contributed by atoms with Gasteiger partial charge in [0.1, 0.15) is 5.82 Å². The van der Waals surface area contributed by atoms with E-state index in [0.717, 1.165) is 12.3 Å². The first kappa shape index (κ1) is 14.2. The van der Waals surface area contributed by atoms with Gasteiger partial charge in [0.25, 0.3) is 0 Å². The summed E-state index contributed by atoms with van der Waals surface area (Å²) < 4.78 is 52.1. The molecule has 2 heterocycles. The Morgan fingerprint density at radius 3 is 2.35 bits per heavy atom. The zero-order valence-corrected chi connectivity index (χ0v) is 10.7. The minimum atomic E-state index is -4.59. The van der Waals surface area contributed by atoms with E-state index >= 15 is 0 Å². The lowest BCUT2D eigenvalue weighted by molar-refractivity contribution is -0.140. The van der Waals surface area contributed by atoms with Crippen LogP contribution in [0.5, 0.6) is 0 Å². The quantitative estimate of drug-likeness (QED) is 0.792. The Morgan fingerprint density at radius 1 is 1.10 bits per heavy atom. The van der Waals surface area contributed by atoms with Crippen molar-refractivity contribution in [3.63, 3.8) is 0 Å². The third-order valence-electron chi connectivity index (χ3n) is 2.62. The molecule has 0 spiro atoms. The van der Waals surface area contributed by atoms with Gasteiger partial charge in [0.05, 0.1) is 17.6 Å². The Morgan fingerprint density at radius 2 is 1.80 bits per heavy atom. The molecule has 2 aromatic rings. The Bertz CT molecular complexity index is 623. The van der Waals surface area contributed by atoms with Crippen molar-refractivity contribution in [1.29, 1.82) is 0 Å². The average Bonchev–Trinajstić information content (AvgIpc) is 2.37. The standard InChI is InChI=1S/C13H11F4N3/c1-20(2)11-4-3-10(19-12(11)13(15,16)17)8-5-9(14)7-18-6-8/h3-7H,1-2H3. The lowest BCUT2D eigenvalue weighted by Gasteiger charge is -2.19. The van der Waals surface area contributed by atoms with E-state index in [1.807, 2.05) is 0 Å². The third-order valence-corrected chi connectivity index (χ3v) is 2.62. The lowest BCUT2D eigenvalue weighted by atomic mass is 10.1. The summed E-state index contributed by atoms with van der Waals surface area (Å²) in [7, 11) is 2.99. The topological polar surface area (TPSA) is 29.0 Å². The second-order valence-corrected chi connectivity index (χ2v) is 4.35. The number of nitrogens with zero attached hydrogens (tertiary/aromatic N) is 3. The van der Waals surface area contributed by atoms with E-state index in [0.29, 0.717) is 0 Å². The van der Waals surface area contributed by atoms with Crippen molar-refractivity contribution in [2.24, 2.45) is 0 Å². The monoisotopic (exact) mass is 285 g/mol.